The predicted molar refractivity (Wildman–Crippen MR) is 122 cm³/mol. The van der Waals surface area contributed by atoms with Crippen molar-refractivity contribution in [2.75, 3.05) is 58.8 Å². The number of hydrogen-bond donors (Lipinski definition) is 1. The fraction of sp³-hybridized carbons (Fsp3) is 0.348. The number of rotatable bonds is 8. The van der Waals surface area contributed by atoms with E-state index in [-0.39, 0.29) is 5.91 Å². The van der Waals surface area contributed by atoms with Crippen LogP contribution in [0.25, 0.3) is 6.08 Å². The van der Waals surface area contributed by atoms with E-state index >= 15 is 0 Å². The van der Waals surface area contributed by atoms with Crippen molar-refractivity contribution in [2.24, 2.45) is 0 Å². The van der Waals surface area contributed by atoms with E-state index in [2.05, 4.69) is 39.4 Å². The zero-order valence-electron chi connectivity index (χ0n) is 17.4. The van der Waals surface area contributed by atoms with Crippen LogP contribution in [0.3, 0.4) is 0 Å². The Labute approximate surface area is 183 Å². The molecule has 6 nitrogen and oxygen atoms in total. The van der Waals surface area contributed by atoms with Crippen molar-refractivity contribution in [1.29, 1.82) is 0 Å². The van der Waals surface area contributed by atoms with E-state index in [0.717, 1.165) is 32.7 Å². The van der Waals surface area contributed by atoms with E-state index in [1.165, 1.54) is 12.7 Å². The summed E-state index contributed by atoms with van der Waals surface area (Å²) in [6.45, 7) is 4.83. The molecule has 1 heterocycles. The first kappa shape index (κ1) is 22.2. The average molecular weight is 430 g/mol. The number of hydrogen-bond acceptors (Lipinski definition) is 5. The van der Waals surface area contributed by atoms with E-state index in [9.17, 15) is 4.79 Å². The molecular weight excluding hydrogens is 402 g/mol. The maximum Gasteiger partial charge on any atom is 0.238 e. The van der Waals surface area contributed by atoms with Crippen molar-refractivity contribution in [3.05, 3.63) is 59.1 Å². The summed E-state index contributed by atoms with van der Waals surface area (Å²) in [6.07, 6.45) is 4.34. The molecule has 1 saturated heterocycles. The van der Waals surface area contributed by atoms with Gasteiger partial charge in [-0.3, -0.25) is 14.6 Å². The molecule has 3 rings (SSSR count). The molecule has 1 aliphatic rings. The largest absolute Gasteiger partial charge is 0.495 e. The second-order valence-corrected chi connectivity index (χ2v) is 7.53. The Balaban J connectivity index is 1.46. The van der Waals surface area contributed by atoms with Gasteiger partial charge in [-0.15, -0.1) is 0 Å². The topological polar surface area (TPSA) is 54.0 Å². The summed E-state index contributed by atoms with van der Waals surface area (Å²) in [7, 11) is 3.08. The summed E-state index contributed by atoms with van der Waals surface area (Å²) in [6, 6.07) is 13.6. The highest BCUT2D eigenvalue weighted by Crippen LogP contribution is 2.35. The number of ether oxygens (including phenoxy) is 2. The highest BCUT2D eigenvalue weighted by atomic mass is 35.5. The number of piperazine rings is 1. The second kappa shape index (κ2) is 11.0. The Morgan fingerprint density at radius 1 is 1.03 bits per heavy atom. The number of halogens is 1. The quantitative estimate of drug-likeness (QED) is 0.694. The Hall–Kier alpha value is -2.54. The minimum Gasteiger partial charge on any atom is -0.495 e. The summed E-state index contributed by atoms with van der Waals surface area (Å²) in [5, 5.41) is 3.34. The number of nitrogens with one attached hydrogen (secondary N) is 1. The SMILES string of the molecule is COc1cc(NC(=O)CN2CCN(C/C=C/c3ccccc3)CC2)c(OC)cc1Cl. The van der Waals surface area contributed by atoms with Crippen LogP contribution in [0, 0.1) is 0 Å². The molecular formula is C23H28ClN3O3. The molecule has 0 aromatic heterocycles. The Kier molecular flexibility index (Phi) is 8.13. The molecule has 7 heteroatoms. The van der Waals surface area contributed by atoms with Crippen LogP contribution >= 0.6 is 11.6 Å². The summed E-state index contributed by atoms with van der Waals surface area (Å²) in [5.74, 6) is 0.907. The van der Waals surface area contributed by atoms with Crippen LogP contribution < -0.4 is 14.8 Å². The second-order valence-electron chi connectivity index (χ2n) is 7.13. The minimum atomic E-state index is -0.0879. The van der Waals surface area contributed by atoms with Crippen LogP contribution in [0.2, 0.25) is 5.02 Å². The highest BCUT2D eigenvalue weighted by Gasteiger charge is 2.19. The monoisotopic (exact) mass is 429 g/mol. The first-order valence-electron chi connectivity index (χ1n) is 9.96. The zero-order chi connectivity index (χ0) is 21.3. The first-order valence-corrected chi connectivity index (χ1v) is 10.3. The number of carbonyl (C=O) groups excluding carboxylic acids is 1. The van der Waals surface area contributed by atoms with Crippen LogP contribution in [0.4, 0.5) is 5.69 Å². The van der Waals surface area contributed by atoms with E-state index < -0.39 is 0 Å². The van der Waals surface area contributed by atoms with E-state index in [1.807, 2.05) is 18.2 Å². The Bertz CT molecular complexity index is 865. The fourth-order valence-electron chi connectivity index (χ4n) is 3.38. The van der Waals surface area contributed by atoms with Crippen LogP contribution in [0.1, 0.15) is 5.56 Å². The molecule has 0 spiro atoms. The molecule has 1 aliphatic heterocycles. The normalized spacial score (nSPS) is 15.3. The zero-order valence-corrected chi connectivity index (χ0v) is 18.2. The summed E-state index contributed by atoms with van der Waals surface area (Å²) in [4.78, 5) is 17.1. The van der Waals surface area contributed by atoms with E-state index in [4.69, 9.17) is 21.1 Å². The van der Waals surface area contributed by atoms with Crippen molar-refractivity contribution >= 4 is 29.3 Å². The lowest BCUT2D eigenvalue weighted by molar-refractivity contribution is -0.117. The smallest absolute Gasteiger partial charge is 0.238 e. The Morgan fingerprint density at radius 2 is 1.70 bits per heavy atom. The molecule has 0 saturated carbocycles. The lowest BCUT2D eigenvalue weighted by Crippen LogP contribution is -2.48. The fourth-order valence-corrected chi connectivity index (χ4v) is 3.61. The van der Waals surface area contributed by atoms with Gasteiger partial charge in [-0.25, -0.2) is 0 Å². The number of methoxy groups -OCH3 is 2. The number of carbonyl (C=O) groups is 1. The van der Waals surface area contributed by atoms with Crippen molar-refractivity contribution < 1.29 is 14.3 Å². The lowest BCUT2D eigenvalue weighted by atomic mass is 10.2. The molecule has 0 unspecified atom stereocenters. The molecule has 1 fully saturated rings. The van der Waals surface area contributed by atoms with Gasteiger partial charge < -0.3 is 14.8 Å². The first-order chi connectivity index (χ1) is 14.6. The van der Waals surface area contributed by atoms with E-state index in [0.29, 0.717) is 28.8 Å². The van der Waals surface area contributed by atoms with Crippen LogP contribution in [0.15, 0.2) is 48.5 Å². The van der Waals surface area contributed by atoms with Crippen LogP contribution in [-0.2, 0) is 4.79 Å². The van der Waals surface area contributed by atoms with Gasteiger partial charge in [0.05, 0.1) is 31.5 Å². The van der Waals surface area contributed by atoms with Gasteiger partial charge >= 0.3 is 0 Å². The van der Waals surface area contributed by atoms with Crippen molar-refractivity contribution in [2.45, 2.75) is 0 Å². The molecule has 1 N–H and O–H groups in total. The van der Waals surface area contributed by atoms with Crippen molar-refractivity contribution in [3.63, 3.8) is 0 Å². The molecule has 160 valence electrons. The van der Waals surface area contributed by atoms with Crippen LogP contribution in [-0.4, -0.2) is 69.2 Å². The maximum atomic E-state index is 12.5. The molecule has 2 aromatic rings. The van der Waals surface area contributed by atoms with Gasteiger partial charge in [0.25, 0.3) is 0 Å². The highest BCUT2D eigenvalue weighted by molar-refractivity contribution is 6.32. The summed E-state index contributed by atoms with van der Waals surface area (Å²) in [5.41, 5.74) is 1.76. The molecule has 0 atom stereocenters. The molecule has 30 heavy (non-hydrogen) atoms. The van der Waals surface area contributed by atoms with Gasteiger partial charge in [-0.05, 0) is 5.56 Å². The third-order valence-electron chi connectivity index (χ3n) is 5.05. The summed E-state index contributed by atoms with van der Waals surface area (Å²) >= 11 is 6.12. The number of amides is 1. The van der Waals surface area contributed by atoms with Gasteiger partial charge in [0, 0.05) is 44.9 Å². The van der Waals surface area contributed by atoms with E-state index in [1.54, 1.807) is 19.2 Å². The third-order valence-corrected chi connectivity index (χ3v) is 5.35. The van der Waals surface area contributed by atoms with Gasteiger partial charge in [0.15, 0.2) is 0 Å². The molecule has 0 radical (unpaired) electrons. The van der Waals surface area contributed by atoms with Crippen molar-refractivity contribution in [1.82, 2.24) is 9.80 Å². The predicted octanol–water partition coefficient (Wildman–Crippen LogP) is 3.63. The van der Waals surface area contributed by atoms with Gasteiger partial charge in [-0.2, -0.15) is 0 Å². The Morgan fingerprint density at radius 3 is 2.37 bits per heavy atom. The number of nitrogens with zero attached hydrogens (tertiary/aromatic N) is 2. The molecule has 0 aliphatic carbocycles. The standard InChI is InChI=1S/C23H28ClN3O3/c1-29-21-16-20(22(30-2)15-19(21)24)25-23(28)17-27-13-11-26(12-14-27)10-6-9-18-7-4-3-5-8-18/h3-9,15-16H,10-14,17H2,1-2H3,(H,25,28)/b9-6+. The van der Waals surface area contributed by atoms with Crippen molar-refractivity contribution in [3.8, 4) is 11.5 Å². The van der Waals surface area contributed by atoms with Crippen LogP contribution in [0.5, 0.6) is 11.5 Å². The molecule has 2 aromatic carbocycles. The minimum absolute atomic E-state index is 0.0879. The molecule has 0 bridgehead atoms. The van der Waals surface area contributed by atoms with Gasteiger partial charge in [-0.1, -0.05) is 54.1 Å². The van der Waals surface area contributed by atoms with Gasteiger partial charge in [0.1, 0.15) is 11.5 Å². The van der Waals surface area contributed by atoms with Gasteiger partial charge in [0.2, 0.25) is 5.91 Å². The third kappa shape index (κ3) is 6.23. The lowest BCUT2D eigenvalue weighted by Gasteiger charge is -2.33. The number of anilines is 1. The maximum absolute atomic E-state index is 12.5. The number of benzene rings is 2. The summed E-state index contributed by atoms with van der Waals surface area (Å²) < 4.78 is 10.5. The average Bonchev–Trinajstić information content (AvgIpc) is 2.76. The molecule has 1 amide bonds.